The zero-order valence-electron chi connectivity index (χ0n) is 16.8. The normalized spacial score (nSPS) is 16.0. The van der Waals surface area contributed by atoms with Crippen molar-refractivity contribution in [2.24, 2.45) is 5.92 Å². The molecule has 1 unspecified atom stereocenters. The average molecular weight is 475 g/mol. The van der Waals surface area contributed by atoms with Gasteiger partial charge in [-0.3, -0.25) is 19.7 Å². The largest absolute Gasteiger partial charge is 0.445 e. The first-order valence-electron chi connectivity index (χ1n) is 9.69. The molecule has 170 valence electrons. The minimum absolute atomic E-state index is 0.0863. The Balaban J connectivity index is 1.34. The smallest absolute Gasteiger partial charge is 0.326 e. The lowest BCUT2D eigenvalue weighted by Gasteiger charge is -2.16. The summed E-state index contributed by atoms with van der Waals surface area (Å²) < 4.78 is 37.8. The van der Waals surface area contributed by atoms with E-state index in [1.54, 1.807) is 17.0 Å². The van der Waals surface area contributed by atoms with Gasteiger partial charge < -0.3 is 10.2 Å². The van der Waals surface area contributed by atoms with Crippen molar-refractivity contribution in [3.05, 3.63) is 65.2 Å². The molecule has 1 fully saturated rings. The third-order valence-corrected chi connectivity index (χ3v) is 5.75. The maximum Gasteiger partial charge on any atom is 0.445 e. The molecule has 3 amide bonds. The van der Waals surface area contributed by atoms with Crippen molar-refractivity contribution in [2.45, 2.75) is 12.6 Å². The van der Waals surface area contributed by atoms with Crippen LogP contribution >= 0.6 is 11.3 Å². The van der Waals surface area contributed by atoms with Crippen LogP contribution in [0.15, 0.2) is 54.6 Å². The van der Waals surface area contributed by atoms with Crippen LogP contribution in [0.3, 0.4) is 0 Å². The molecule has 2 heterocycles. The topological polar surface area (TPSA) is 104 Å². The quantitative estimate of drug-likeness (QED) is 0.584. The number of carbonyl (C=O) groups excluding carboxylic acids is 3. The minimum atomic E-state index is -4.64. The molecule has 33 heavy (non-hydrogen) atoms. The molecule has 0 radical (unpaired) electrons. The number of nitrogens with zero attached hydrogens (tertiary/aromatic N) is 3. The van der Waals surface area contributed by atoms with Crippen molar-refractivity contribution in [1.82, 2.24) is 10.2 Å². The van der Waals surface area contributed by atoms with Crippen molar-refractivity contribution in [1.29, 1.82) is 0 Å². The number of halogens is 3. The number of amides is 3. The first kappa shape index (κ1) is 22.4. The van der Waals surface area contributed by atoms with Gasteiger partial charge in [0.05, 0.1) is 5.92 Å². The van der Waals surface area contributed by atoms with Gasteiger partial charge in [0.15, 0.2) is 0 Å². The first-order chi connectivity index (χ1) is 15.7. The number of rotatable bonds is 5. The van der Waals surface area contributed by atoms with E-state index in [0.29, 0.717) is 5.69 Å². The van der Waals surface area contributed by atoms with Crippen LogP contribution in [0, 0.1) is 5.92 Å². The Labute approximate surface area is 189 Å². The highest BCUT2D eigenvalue weighted by molar-refractivity contribution is 7.15. The molecular weight excluding hydrogens is 459 g/mol. The van der Waals surface area contributed by atoms with Gasteiger partial charge in [-0.25, -0.2) is 0 Å². The fraction of sp³-hybridized carbons (Fsp3) is 0.190. The van der Waals surface area contributed by atoms with Gasteiger partial charge in [-0.2, -0.15) is 13.2 Å². The maximum absolute atomic E-state index is 12.6. The number of alkyl halides is 3. The number of nitrogens with one attached hydrogen (secondary N) is 2. The molecule has 1 aromatic heterocycles. The van der Waals surface area contributed by atoms with Gasteiger partial charge in [-0.1, -0.05) is 29.5 Å². The van der Waals surface area contributed by atoms with Crippen LogP contribution < -0.4 is 15.5 Å². The summed E-state index contributed by atoms with van der Waals surface area (Å²) in [5.41, 5.74) is 1.30. The van der Waals surface area contributed by atoms with Crippen molar-refractivity contribution in [2.75, 3.05) is 22.1 Å². The van der Waals surface area contributed by atoms with Crippen LogP contribution in [0.1, 0.15) is 21.8 Å². The highest BCUT2D eigenvalue weighted by Crippen LogP contribution is 2.33. The van der Waals surface area contributed by atoms with Crippen LogP contribution in [0.2, 0.25) is 0 Å². The standard InChI is InChI=1S/C21H16F3N5O3S/c22-21(23,24)19-27-28-20(33-19)26-17(31)12-6-8-14(9-7-12)25-18(32)13-10-16(30)29(11-13)15-4-2-1-3-5-15/h1-9,13H,10-11H2,(H,25,32)(H,26,28,31). The molecular formula is C21H16F3N5O3S. The molecule has 1 aliphatic rings. The molecule has 1 aliphatic heterocycles. The predicted molar refractivity (Wildman–Crippen MR) is 115 cm³/mol. The zero-order valence-corrected chi connectivity index (χ0v) is 17.6. The summed E-state index contributed by atoms with van der Waals surface area (Å²) in [6, 6.07) is 14.9. The molecule has 4 rings (SSSR count). The molecule has 12 heteroatoms. The van der Waals surface area contributed by atoms with Crippen molar-refractivity contribution >= 4 is 45.6 Å². The SMILES string of the molecule is O=C(Nc1nnc(C(F)(F)F)s1)c1ccc(NC(=O)C2CC(=O)N(c3ccccc3)C2)cc1. The molecule has 0 spiro atoms. The highest BCUT2D eigenvalue weighted by atomic mass is 32.1. The number of hydrogen-bond donors (Lipinski definition) is 2. The molecule has 0 aliphatic carbocycles. The van der Waals surface area contributed by atoms with Crippen LogP contribution in [0.4, 0.5) is 29.7 Å². The third-order valence-electron chi connectivity index (χ3n) is 4.87. The summed E-state index contributed by atoms with van der Waals surface area (Å²) in [5.74, 6) is -1.66. The van der Waals surface area contributed by atoms with E-state index >= 15 is 0 Å². The van der Waals surface area contributed by atoms with E-state index in [-0.39, 0.29) is 46.8 Å². The van der Waals surface area contributed by atoms with Gasteiger partial charge in [0.1, 0.15) is 0 Å². The number of aromatic nitrogens is 2. The zero-order chi connectivity index (χ0) is 23.6. The van der Waals surface area contributed by atoms with Crippen LogP contribution in [0.5, 0.6) is 0 Å². The molecule has 2 aromatic carbocycles. The first-order valence-corrected chi connectivity index (χ1v) is 10.5. The van der Waals surface area contributed by atoms with Gasteiger partial charge in [0.25, 0.3) is 5.91 Å². The molecule has 8 nitrogen and oxygen atoms in total. The third kappa shape index (κ3) is 5.17. The summed E-state index contributed by atoms with van der Waals surface area (Å²) in [4.78, 5) is 38.7. The molecule has 0 bridgehead atoms. The lowest BCUT2D eigenvalue weighted by atomic mass is 10.1. The van der Waals surface area contributed by atoms with E-state index < -0.39 is 23.0 Å². The lowest BCUT2D eigenvalue weighted by Crippen LogP contribution is -2.28. The molecule has 1 atom stereocenters. The lowest BCUT2D eigenvalue weighted by molar-refractivity contribution is -0.138. The van der Waals surface area contributed by atoms with Crippen molar-refractivity contribution < 1.29 is 27.6 Å². The summed E-state index contributed by atoms with van der Waals surface area (Å²) in [7, 11) is 0. The monoisotopic (exact) mass is 475 g/mol. The van der Waals surface area contributed by atoms with Crippen molar-refractivity contribution in [3.63, 3.8) is 0 Å². The second-order valence-corrected chi connectivity index (χ2v) is 8.15. The Morgan fingerprint density at radius 1 is 1.00 bits per heavy atom. The molecule has 1 saturated heterocycles. The second kappa shape index (κ2) is 8.98. The number of benzene rings is 2. The Morgan fingerprint density at radius 3 is 2.33 bits per heavy atom. The van der Waals surface area contributed by atoms with E-state index in [4.69, 9.17) is 0 Å². The number of hydrogen-bond acceptors (Lipinski definition) is 6. The minimum Gasteiger partial charge on any atom is -0.326 e. The summed E-state index contributed by atoms with van der Waals surface area (Å²) in [6.07, 6.45) is -4.55. The van der Waals surface area contributed by atoms with Crippen LogP contribution in [-0.4, -0.2) is 34.5 Å². The fourth-order valence-corrected chi connectivity index (χ4v) is 3.85. The molecule has 2 N–H and O–H groups in total. The van der Waals surface area contributed by atoms with Gasteiger partial charge >= 0.3 is 6.18 Å². The summed E-state index contributed by atoms with van der Waals surface area (Å²) in [5, 5.41) is 9.85. The van der Waals surface area contributed by atoms with Crippen molar-refractivity contribution in [3.8, 4) is 0 Å². The van der Waals surface area contributed by atoms with Gasteiger partial charge in [-0.05, 0) is 36.4 Å². The summed E-state index contributed by atoms with van der Waals surface area (Å²) in [6.45, 7) is 0.261. The van der Waals surface area contributed by atoms with E-state index in [2.05, 4.69) is 20.8 Å². The Kier molecular flexibility index (Phi) is 6.09. The van der Waals surface area contributed by atoms with E-state index in [0.717, 1.165) is 5.69 Å². The number of anilines is 3. The van der Waals surface area contributed by atoms with Gasteiger partial charge in [0, 0.05) is 29.9 Å². The number of para-hydroxylation sites is 1. The average Bonchev–Trinajstić information content (AvgIpc) is 3.41. The fourth-order valence-electron chi connectivity index (χ4n) is 3.25. The van der Waals surface area contributed by atoms with Gasteiger partial charge in [-0.15, -0.1) is 10.2 Å². The Bertz CT molecular complexity index is 1180. The predicted octanol–water partition coefficient (Wildman–Crippen LogP) is 3.80. The van der Waals surface area contributed by atoms with E-state index in [1.165, 1.54) is 24.3 Å². The maximum atomic E-state index is 12.6. The molecule has 0 saturated carbocycles. The van der Waals surface area contributed by atoms with E-state index in [1.807, 2.05) is 18.2 Å². The Morgan fingerprint density at radius 2 is 1.70 bits per heavy atom. The highest BCUT2D eigenvalue weighted by Gasteiger charge is 2.36. The number of carbonyl (C=O) groups is 3. The van der Waals surface area contributed by atoms with Crippen LogP contribution in [-0.2, 0) is 15.8 Å². The molecule has 3 aromatic rings. The summed E-state index contributed by atoms with van der Waals surface area (Å²) >= 11 is 0.219. The Hall–Kier alpha value is -3.80. The van der Waals surface area contributed by atoms with E-state index in [9.17, 15) is 27.6 Å². The van der Waals surface area contributed by atoms with Crippen LogP contribution in [0.25, 0.3) is 0 Å². The second-order valence-electron chi connectivity index (χ2n) is 7.17. The van der Waals surface area contributed by atoms with Gasteiger partial charge in [0.2, 0.25) is 22.0 Å².